The summed E-state index contributed by atoms with van der Waals surface area (Å²) >= 11 is 0. The summed E-state index contributed by atoms with van der Waals surface area (Å²) in [6.07, 6.45) is 0.747. The minimum Gasteiger partial charge on any atom is -0.492 e. The topological polar surface area (TPSA) is 47.4 Å². The third-order valence-corrected chi connectivity index (χ3v) is 4.93. The van der Waals surface area contributed by atoms with Crippen molar-refractivity contribution in [3.63, 3.8) is 0 Å². The molecular formula is C19H25N3O2. The first kappa shape index (κ1) is 16.6. The van der Waals surface area contributed by atoms with E-state index in [0.29, 0.717) is 19.7 Å². The van der Waals surface area contributed by atoms with Crippen LogP contribution in [0.4, 0.5) is 0 Å². The summed E-state index contributed by atoms with van der Waals surface area (Å²) in [5, 5.41) is 4.45. The van der Waals surface area contributed by atoms with Crippen molar-refractivity contribution in [3.8, 4) is 5.75 Å². The van der Waals surface area contributed by atoms with Crippen LogP contribution < -0.4 is 4.74 Å². The maximum absolute atomic E-state index is 13.0. The molecule has 1 aromatic carbocycles. The number of aryl methyl sites for hydroxylation is 2. The highest BCUT2D eigenvalue weighted by Gasteiger charge is 2.29. The average molecular weight is 327 g/mol. The normalized spacial score (nSPS) is 16.4. The molecular weight excluding hydrogens is 302 g/mol. The van der Waals surface area contributed by atoms with Gasteiger partial charge in [-0.05, 0) is 38.8 Å². The highest BCUT2D eigenvalue weighted by atomic mass is 16.5. The number of carbonyl (C=O) groups is 1. The quantitative estimate of drug-likeness (QED) is 0.867. The molecule has 0 fully saturated rings. The smallest absolute Gasteiger partial charge is 0.229 e. The van der Waals surface area contributed by atoms with Crippen molar-refractivity contribution in [2.75, 3.05) is 13.2 Å². The van der Waals surface area contributed by atoms with Crippen molar-refractivity contribution in [3.05, 3.63) is 46.8 Å². The Bertz CT molecular complexity index is 751. The summed E-state index contributed by atoms with van der Waals surface area (Å²) in [7, 11) is 1.94. The molecule has 3 rings (SSSR count). The van der Waals surface area contributed by atoms with E-state index in [-0.39, 0.29) is 11.8 Å². The number of amides is 1. The number of hydrogen-bond donors (Lipinski definition) is 0. The van der Waals surface area contributed by atoms with Gasteiger partial charge in [0, 0.05) is 31.4 Å². The maximum atomic E-state index is 13.0. The summed E-state index contributed by atoms with van der Waals surface area (Å²) in [4.78, 5) is 14.9. The molecule has 5 nitrogen and oxygen atoms in total. The Hall–Kier alpha value is -2.30. The summed E-state index contributed by atoms with van der Waals surface area (Å²) < 4.78 is 7.67. The highest BCUT2D eigenvalue weighted by molar-refractivity contribution is 5.79. The van der Waals surface area contributed by atoms with E-state index in [0.717, 1.165) is 34.7 Å². The molecule has 1 aromatic heterocycles. The number of ether oxygens (including phenoxy) is 1. The molecule has 24 heavy (non-hydrogen) atoms. The fraction of sp³-hybridized carbons (Fsp3) is 0.474. The average Bonchev–Trinajstić information content (AvgIpc) is 2.84. The van der Waals surface area contributed by atoms with Gasteiger partial charge < -0.3 is 9.64 Å². The predicted molar refractivity (Wildman–Crippen MR) is 92.9 cm³/mol. The van der Waals surface area contributed by atoms with Gasteiger partial charge in [-0.15, -0.1) is 0 Å². The number of hydrogen-bond acceptors (Lipinski definition) is 3. The first-order chi connectivity index (χ1) is 11.5. The zero-order valence-electron chi connectivity index (χ0n) is 14.9. The Kier molecular flexibility index (Phi) is 4.60. The van der Waals surface area contributed by atoms with Crippen LogP contribution in [0.3, 0.4) is 0 Å². The number of carbonyl (C=O) groups excluding carboxylic acids is 1. The summed E-state index contributed by atoms with van der Waals surface area (Å²) in [5.41, 5.74) is 4.37. The molecule has 0 saturated heterocycles. The lowest BCUT2D eigenvalue weighted by atomic mass is 9.95. The van der Waals surface area contributed by atoms with Crippen LogP contribution >= 0.6 is 0 Å². The number of para-hydroxylation sites is 1. The summed E-state index contributed by atoms with van der Waals surface area (Å²) in [5.74, 6) is 0.954. The highest BCUT2D eigenvalue weighted by Crippen LogP contribution is 2.28. The van der Waals surface area contributed by atoms with Gasteiger partial charge in [-0.3, -0.25) is 9.48 Å². The number of fused-ring (bicyclic) bond motifs is 1. The Morgan fingerprint density at radius 1 is 1.38 bits per heavy atom. The molecule has 0 bridgehead atoms. The van der Waals surface area contributed by atoms with Gasteiger partial charge in [0.1, 0.15) is 12.4 Å². The van der Waals surface area contributed by atoms with E-state index in [4.69, 9.17) is 4.74 Å². The van der Waals surface area contributed by atoms with Gasteiger partial charge in [0.15, 0.2) is 0 Å². The molecule has 0 radical (unpaired) electrons. The van der Waals surface area contributed by atoms with Crippen molar-refractivity contribution in [1.29, 1.82) is 0 Å². The second kappa shape index (κ2) is 6.67. The molecule has 5 heteroatoms. The first-order valence-electron chi connectivity index (χ1n) is 8.49. The van der Waals surface area contributed by atoms with Crippen LogP contribution in [0, 0.1) is 19.8 Å². The monoisotopic (exact) mass is 327 g/mol. The van der Waals surface area contributed by atoms with Gasteiger partial charge in [0.05, 0.1) is 11.6 Å². The molecule has 1 aliphatic heterocycles. The van der Waals surface area contributed by atoms with E-state index in [9.17, 15) is 4.79 Å². The van der Waals surface area contributed by atoms with Crippen LogP contribution in [-0.2, 0) is 24.8 Å². The van der Waals surface area contributed by atoms with Gasteiger partial charge in [-0.2, -0.15) is 5.10 Å². The Morgan fingerprint density at radius 2 is 2.12 bits per heavy atom. The first-order valence-corrected chi connectivity index (χ1v) is 8.49. The number of nitrogens with zero attached hydrogens (tertiary/aromatic N) is 3. The molecule has 0 saturated carbocycles. The van der Waals surface area contributed by atoms with Crippen LogP contribution in [0.15, 0.2) is 24.3 Å². The van der Waals surface area contributed by atoms with Crippen LogP contribution in [0.1, 0.15) is 29.4 Å². The predicted octanol–water partition coefficient (Wildman–Crippen LogP) is 2.64. The molecule has 0 N–H and O–H groups in total. The van der Waals surface area contributed by atoms with Crippen molar-refractivity contribution in [1.82, 2.24) is 14.7 Å². The SMILES string of the molecule is CCN(Cc1c(C)nn(C)c1C)C(=O)C1COc2ccccc2C1. The van der Waals surface area contributed by atoms with Crippen molar-refractivity contribution in [2.24, 2.45) is 13.0 Å². The minimum atomic E-state index is -0.114. The minimum absolute atomic E-state index is 0.114. The Morgan fingerprint density at radius 3 is 2.79 bits per heavy atom. The molecule has 1 aliphatic rings. The summed E-state index contributed by atoms with van der Waals surface area (Å²) in [6.45, 7) is 7.83. The number of benzene rings is 1. The molecule has 2 aromatic rings. The molecule has 0 aliphatic carbocycles. The van der Waals surface area contributed by atoms with Crippen LogP contribution in [0.5, 0.6) is 5.75 Å². The fourth-order valence-corrected chi connectivity index (χ4v) is 3.33. The van der Waals surface area contributed by atoms with Gasteiger partial charge in [-0.1, -0.05) is 18.2 Å². The van der Waals surface area contributed by atoms with E-state index in [2.05, 4.69) is 5.10 Å². The van der Waals surface area contributed by atoms with Gasteiger partial charge >= 0.3 is 0 Å². The van der Waals surface area contributed by atoms with Crippen molar-refractivity contribution in [2.45, 2.75) is 33.7 Å². The lowest BCUT2D eigenvalue weighted by Gasteiger charge is -2.30. The third kappa shape index (κ3) is 3.03. The second-order valence-corrected chi connectivity index (χ2v) is 6.45. The van der Waals surface area contributed by atoms with Crippen LogP contribution in [0.2, 0.25) is 0 Å². The molecule has 1 unspecified atom stereocenters. The lowest BCUT2D eigenvalue weighted by Crippen LogP contribution is -2.40. The van der Waals surface area contributed by atoms with Gasteiger partial charge in [-0.25, -0.2) is 0 Å². The second-order valence-electron chi connectivity index (χ2n) is 6.45. The zero-order chi connectivity index (χ0) is 17.3. The van der Waals surface area contributed by atoms with Crippen LogP contribution in [-0.4, -0.2) is 33.7 Å². The maximum Gasteiger partial charge on any atom is 0.229 e. The molecule has 2 heterocycles. The molecule has 0 spiro atoms. The van der Waals surface area contributed by atoms with Crippen molar-refractivity contribution < 1.29 is 9.53 Å². The van der Waals surface area contributed by atoms with E-state index in [1.165, 1.54) is 0 Å². The zero-order valence-corrected chi connectivity index (χ0v) is 14.9. The number of aromatic nitrogens is 2. The summed E-state index contributed by atoms with van der Waals surface area (Å²) in [6, 6.07) is 7.97. The molecule has 128 valence electrons. The number of rotatable bonds is 4. The standard InChI is InChI=1S/C19H25N3O2/c1-5-22(11-17-13(2)20-21(4)14(17)3)19(23)16-10-15-8-6-7-9-18(15)24-12-16/h6-9,16H,5,10-12H2,1-4H3. The lowest BCUT2D eigenvalue weighted by molar-refractivity contribution is -0.137. The molecule has 1 amide bonds. The fourth-order valence-electron chi connectivity index (χ4n) is 3.33. The van der Waals surface area contributed by atoms with E-state index in [1.54, 1.807) is 0 Å². The Labute approximate surface area is 143 Å². The van der Waals surface area contributed by atoms with Crippen LogP contribution in [0.25, 0.3) is 0 Å². The van der Waals surface area contributed by atoms with Crippen molar-refractivity contribution >= 4 is 5.91 Å². The molecule has 1 atom stereocenters. The van der Waals surface area contributed by atoms with Gasteiger partial charge in [0.25, 0.3) is 0 Å². The van der Waals surface area contributed by atoms with E-state index in [1.807, 2.05) is 61.7 Å². The largest absolute Gasteiger partial charge is 0.492 e. The third-order valence-electron chi connectivity index (χ3n) is 4.93. The van der Waals surface area contributed by atoms with E-state index < -0.39 is 0 Å². The Balaban J connectivity index is 1.75. The van der Waals surface area contributed by atoms with E-state index >= 15 is 0 Å². The van der Waals surface area contributed by atoms with Gasteiger partial charge in [0.2, 0.25) is 5.91 Å².